The highest BCUT2D eigenvalue weighted by atomic mass is 32.2. The molecule has 1 aromatic heterocycles. The van der Waals surface area contributed by atoms with Crippen LogP contribution in [-0.2, 0) is 33.1 Å². The Labute approximate surface area is 183 Å². The van der Waals surface area contributed by atoms with Gasteiger partial charge in [0, 0.05) is 31.0 Å². The van der Waals surface area contributed by atoms with Crippen LogP contribution in [0.1, 0.15) is 40.0 Å². The summed E-state index contributed by atoms with van der Waals surface area (Å²) >= 11 is -1.47. The number of aromatic nitrogens is 1. The average Bonchev–Trinajstić information content (AvgIpc) is 2.79. The van der Waals surface area contributed by atoms with Crippen molar-refractivity contribution in [2.45, 2.75) is 25.0 Å². The van der Waals surface area contributed by atoms with E-state index in [-0.39, 0.29) is 24.2 Å². The maximum absolute atomic E-state index is 12.6. The van der Waals surface area contributed by atoms with Crippen LogP contribution in [0.2, 0.25) is 0 Å². The maximum atomic E-state index is 12.6. The molecule has 1 N–H and O–H groups in total. The van der Waals surface area contributed by atoms with Crippen molar-refractivity contribution in [2.24, 2.45) is 5.92 Å². The Morgan fingerprint density at radius 3 is 2.77 bits per heavy atom. The zero-order valence-electron chi connectivity index (χ0n) is 16.9. The zero-order chi connectivity index (χ0) is 21.8. The van der Waals surface area contributed by atoms with E-state index in [1.807, 2.05) is 35.2 Å². The number of rotatable bonds is 5. The number of benzene rings is 1. The molecule has 160 valence electrons. The molecule has 0 spiro atoms. The normalized spacial score (nSPS) is 17.3. The predicted molar refractivity (Wildman–Crippen MR) is 114 cm³/mol. The van der Waals surface area contributed by atoms with Crippen LogP contribution >= 0.6 is 0 Å². The molecule has 4 rings (SSSR count). The van der Waals surface area contributed by atoms with E-state index in [4.69, 9.17) is 4.74 Å². The van der Waals surface area contributed by atoms with E-state index in [9.17, 15) is 19.4 Å². The molecular formula is C22H22N4O4S. The summed E-state index contributed by atoms with van der Waals surface area (Å²) < 4.78 is 19.9. The van der Waals surface area contributed by atoms with Gasteiger partial charge in [-0.05, 0) is 18.9 Å². The fourth-order valence-corrected chi connectivity index (χ4v) is 4.82. The fraction of sp³-hybridized carbons (Fsp3) is 0.364. The van der Waals surface area contributed by atoms with Gasteiger partial charge in [-0.2, -0.15) is 9.98 Å². The number of piperidine rings is 1. The minimum atomic E-state index is -1.47. The number of anilines is 1. The summed E-state index contributed by atoms with van der Waals surface area (Å²) in [7, 11) is 0. The number of nitrogens with one attached hydrogen (secondary N) is 1. The second-order valence-corrected chi connectivity index (χ2v) is 8.74. The molecule has 0 radical (unpaired) electrons. The molecule has 8 nitrogen and oxygen atoms in total. The molecular weight excluding hydrogens is 416 g/mol. The smallest absolute Gasteiger partial charge is 0.340 e. The first-order valence-corrected chi connectivity index (χ1v) is 11.5. The molecule has 0 aliphatic carbocycles. The van der Waals surface area contributed by atoms with E-state index in [0.29, 0.717) is 55.0 Å². The summed E-state index contributed by atoms with van der Waals surface area (Å²) in [4.78, 5) is 31.0. The number of hydrogen-bond acceptors (Lipinski definition) is 7. The third-order valence-corrected chi connectivity index (χ3v) is 6.54. The number of hydrogen-bond donors (Lipinski definition) is 1. The monoisotopic (exact) mass is 438 g/mol. The van der Waals surface area contributed by atoms with E-state index in [2.05, 4.69) is 15.8 Å². The van der Waals surface area contributed by atoms with E-state index >= 15 is 0 Å². The molecule has 0 saturated carbocycles. The Morgan fingerprint density at radius 1 is 1.32 bits per heavy atom. The predicted octanol–water partition coefficient (Wildman–Crippen LogP) is 1.86. The fourth-order valence-electron chi connectivity index (χ4n) is 3.86. The molecule has 1 saturated heterocycles. The Bertz CT molecular complexity index is 1020. The maximum Gasteiger partial charge on any atom is 0.340 e. The summed E-state index contributed by atoms with van der Waals surface area (Å²) in [6.07, 6.45) is 1.66. The molecule has 31 heavy (non-hydrogen) atoms. The van der Waals surface area contributed by atoms with Crippen molar-refractivity contribution in [3.05, 3.63) is 58.8 Å². The van der Waals surface area contributed by atoms with Gasteiger partial charge in [0.2, 0.25) is 0 Å². The van der Waals surface area contributed by atoms with Crippen molar-refractivity contribution < 1.29 is 18.9 Å². The summed E-state index contributed by atoms with van der Waals surface area (Å²) in [5, 5.41) is 9.53. The summed E-state index contributed by atoms with van der Waals surface area (Å²) in [5.74, 6) is -0.0823. The van der Waals surface area contributed by atoms with E-state index in [1.165, 1.54) is 0 Å². The third-order valence-electron chi connectivity index (χ3n) is 5.51. The van der Waals surface area contributed by atoms with Crippen LogP contribution in [0.3, 0.4) is 0 Å². The van der Waals surface area contributed by atoms with E-state index in [0.717, 1.165) is 5.56 Å². The van der Waals surface area contributed by atoms with Crippen LogP contribution in [0.5, 0.6) is 0 Å². The van der Waals surface area contributed by atoms with Crippen molar-refractivity contribution in [2.75, 3.05) is 24.6 Å². The molecule has 9 heteroatoms. The zero-order valence-corrected chi connectivity index (χ0v) is 17.7. The molecule has 1 amide bonds. The lowest BCUT2D eigenvalue weighted by molar-refractivity contribution is -0.123. The number of carbonyl (C=O) groups is 2. The number of nitriles is 1. The average molecular weight is 439 g/mol. The van der Waals surface area contributed by atoms with Gasteiger partial charge in [0.1, 0.15) is 11.9 Å². The van der Waals surface area contributed by atoms with Crippen LogP contribution in [0.4, 0.5) is 5.82 Å². The van der Waals surface area contributed by atoms with Crippen molar-refractivity contribution in [3.8, 4) is 6.07 Å². The second-order valence-electron chi connectivity index (χ2n) is 7.55. The Kier molecular flexibility index (Phi) is 6.39. The largest absolute Gasteiger partial charge is 0.593 e. The van der Waals surface area contributed by atoms with Gasteiger partial charge in [-0.25, -0.2) is 9.78 Å². The highest BCUT2D eigenvalue weighted by Crippen LogP contribution is 2.28. The highest BCUT2D eigenvalue weighted by Gasteiger charge is 2.30. The summed E-state index contributed by atoms with van der Waals surface area (Å²) in [6.45, 7) is 1.38. The Hall–Kier alpha value is -3.09. The number of carbonyl (C=O) groups excluding carboxylic acids is 2. The lowest BCUT2D eigenvalue weighted by Crippen LogP contribution is -2.43. The van der Waals surface area contributed by atoms with Gasteiger partial charge in [-0.3, -0.25) is 4.79 Å². The van der Waals surface area contributed by atoms with Gasteiger partial charge in [0.25, 0.3) is 5.91 Å². The molecule has 2 aromatic rings. The SMILES string of the molecule is N#Cc1cc2c(nc1N1CCC(C(=O)N[S+]([O-])Cc3ccccc3)CC1)CCOC2=O. The van der Waals surface area contributed by atoms with Crippen LogP contribution in [0, 0.1) is 17.2 Å². The lowest BCUT2D eigenvalue weighted by Gasteiger charge is -2.33. The standard InChI is InChI=1S/C22H22N4O4S/c23-13-17-12-18-19(8-11-30-22(18)28)24-20(17)26-9-6-16(7-10-26)21(27)25-31(29)14-15-4-2-1-3-5-15/h1-5,12,16H,6-11,14H2,(H,25,27). The van der Waals surface area contributed by atoms with Crippen molar-refractivity contribution >= 4 is 29.1 Å². The first-order chi connectivity index (χ1) is 15.0. The summed E-state index contributed by atoms with van der Waals surface area (Å²) in [6, 6.07) is 13.0. The molecule has 1 fully saturated rings. The lowest BCUT2D eigenvalue weighted by atomic mass is 9.96. The van der Waals surface area contributed by atoms with Crippen LogP contribution < -0.4 is 9.62 Å². The Morgan fingerprint density at radius 2 is 2.06 bits per heavy atom. The molecule has 3 heterocycles. The number of fused-ring (bicyclic) bond motifs is 1. The number of cyclic esters (lactones) is 1. The van der Waals surface area contributed by atoms with Crippen LogP contribution in [0.15, 0.2) is 36.4 Å². The van der Waals surface area contributed by atoms with Gasteiger partial charge in [-0.1, -0.05) is 30.3 Å². The van der Waals surface area contributed by atoms with Crippen LogP contribution in [0.25, 0.3) is 0 Å². The quantitative estimate of drug-likeness (QED) is 0.559. The van der Waals surface area contributed by atoms with Gasteiger partial charge >= 0.3 is 5.97 Å². The van der Waals surface area contributed by atoms with Crippen molar-refractivity contribution in [1.82, 2.24) is 9.71 Å². The topological polar surface area (TPSA) is 118 Å². The van der Waals surface area contributed by atoms with E-state index < -0.39 is 17.3 Å². The molecule has 1 atom stereocenters. The van der Waals surface area contributed by atoms with Crippen LogP contribution in [-0.4, -0.2) is 41.1 Å². The van der Waals surface area contributed by atoms with Gasteiger partial charge in [0.05, 0.1) is 34.8 Å². The van der Waals surface area contributed by atoms with Gasteiger partial charge < -0.3 is 14.2 Å². The number of nitrogens with zero attached hydrogens (tertiary/aromatic N) is 3. The molecule has 2 aliphatic rings. The second kappa shape index (κ2) is 9.37. The van der Waals surface area contributed by atoms with Gasteiger partial charge in [-0.15, -0.1) is 0 Å². The van der Waals surface area contributed by atoms with Crippen molar-refractivity contribution in [1.29, 1.82) is 5.26 Å². The first kappa shape index (κ1) is 21.2. The minimum Gasteiger partial charge on any atom is -0.593 e. The third kappa shape index (κ3) is 4.81. The molecule has 0 bridgehead atoms. The molecule has 2 aliphatic heterocycles. The summed E-state index contributed by atoms with van der Waals surface area (Å²) in [5.41, 5.74) is 2.22. The minimum absolute atomic E-state index is 0.212. The first-order valence-electron chi connectivity index (χ1n) is 10.1. The number of amides is 1. The molecule has 1 aromatic carbocycles. The number of ether oxygens (including phenoxy) is 1. The number of esters is 1. The highest BCUT2D eigenvalue weighted by molar-refractivity contribution is 7.89. The Balaban J connectivity index is 1.37. The van der Waals surface area contributed by atoms with Crippen molar-refractivity contribution in [3.63, 3.8) is 0 Å². The molecule has 1 unspecified atom stereocenters. The number of pyridine rings is 1. The van der Waals surface area contributed by atoms with Gasteiger partial charge in [0.15, 0.2) is 5.75 Å². The van der Waals surface area contributed by atoms with E-state index in [1.54, 1.807) is 6.07 Å².